The number of rotatable bonds is 17. The van der Waals surface area contributed by atoms with Crippen molar-refractivity contribution in [3.63, 3.8) is 0 Å². The number of carbonyl (C=O) groups excluding carboxylic acids is 2. The van der Waals surface area contributed by atoms with Gasteiger partial charge in [0.2, 0.25) is 0 Å². The van der Waals surface area contributed by atoms with Crippen LogP contribution in [-0.4, -0.2) is 233 Å². The fraction of sp³-hybridized carbons (Fsp3) is 0.922. The number of aliphatic hydroxyl groups excluding tert-OH is 13. The molecule has 0 aromatic rings. The molecule has 0 amide bonds. The van der Waals surface area contributed by atoms with Crippen LogP contribution >= 0.6 is 0 Å². The van der Waals surface area contributed by atoms with E-state index in [9.17, 15) is 76.0 Å². The molecule has 4 saturated heterocycles. The molecular weight excluding hydrogens is 981 g/mol. The molecule has 23 nitrogen and oxygen atoms in total. The molecule has 4 aliphatic carbocycles. The minimum atomic E-state index is -1.87. The van der Waals surface area contributed by atoms with Gasteiger partial charge in [-0.05, 0) is 86.4 Å². The van der Waals surface area contributed by atoms with E-state index in [0.717, 1.165) is 12.8 Å². The van der Waals surface area contributed by atoms with E-state index in [4.69, 9.17) is 37.9 Å². The van der Waals surface area contributed by atoms with Gasteiger partial charge in [-0.3, -0.25) is 9.59 Å². The minimum absolute atomic E-state index is 0.0131. The first-order chi connectivity index (χ1) is 35.0. The van der Waals surface area contributed by atoms with Crippen molar-refractivity contribution in [2.75, 3.05) is 26.4 Å². The lowest BCUT2D eigenvalue weighted by Gasteiger charge is -2.58. The van der Waals surface area contributed by atoms with Gasteiger partial charge >= 0.3 is 0 Å². The van der Waals surface area contributed by atoms with Crippen LogP contribution in [0.3, 0.4) is 0 Å². The molecule has 8 rings (SSSR count). The highest BCUT2D eigenvalue weighted by atomic mass is 16.8. The summed E-state index contributed by atoms with van der Waals surface area (Å²) < 4.78 is 47.4. The van der Waals surface area contributed by atoms with Crippen molar-refractivity contribution in [1.29, 1.82) is 0 Å². The second-order valence-electron chi connectivity index (χ2n) is 23.2. The number of allylic oxidation sites excluding steroid dienone is 1. The molecule has 0 aromatic carbocycles. The lowest BCUT2D eigenvalue weighted by Crippen LogP contribution is -2.67. The van der Waals surface area contributed by atoms with Gasteiger partial charge in [0.25, 0.3) is 0 Å². The first-order valence-corrected chi connectivity index (χ1v) is 26.6. The number of ketones is 2. The lowest BCUT2D eigenvalue weighted by molar-refractivity contribution is -0.389. The first kappa shape index (κ1) is 58.4. The first-order valence-electron chi connectivity index (χ1n) is 26.6. The molecule has 0 bridgehead atoms. The molecule has 4 heterocycles. The highest BCUT2D eigenvalue weighted by molar-refractivity contribution is 5.92. The highest BCUT2D eigenvalue weighted by Gasteiger charge is 2.63. The number of Topliss-reactive ketones (excluding diaryl/α,β-unsaturated/α-hetero) is 2. The third kappa shape index (κ3) is 11.0. The summed E-state index contributed by atoms with van der Waals surface area (Å²) in [6.07, 6.45) is -24.0. The topological polar surface area (TPSA) is 371 Å². The largest absolute Gasteiger partial charge is 0.394 e. The molecule has 7 fully saturated rings. The zero-order valence-electron chi connectivity index (χ0n) is 42.8. The molecule has 8 unspecified atom stereocenters. The maximum absolute atomic E-state index is 14.1. The Morgan fingerprint density at radius 1 is 0.649 bits per heavy atom. The zero-order valence-corrected chi connectivity index (χ0v) is 42.8. The molecule has 424 valence electrons. The highest BCUT2D eigenvalue weighted by Crippen LogP contribution is 2.66. The number of carbonyl (C=O) groups is 2. The Bertz CT molecular complexity index is 1940. The van der Waals surface area contributed by atoms with Gasteiger partial charge in [-0.25, -0.2) is 0 Å². The monoisotopic (exact) mass is 1060 g/mol. The van der Waals surface area contributed by atoms with Crippen LogP contribution in [0.4, 0.5) is 0 Å². The number of fused-ring (bicyclic) bond motifs is 5. The quantitative estimate of drug-likeness (QED) is 0.0648. The van der Waals surface area contributed by atoms with Crippen LogP contribution in [0.1, 0.15) is 92.4 Å². The van der Waals surface area contributed by atoms with Crippen molar-refractivity contribution in [3.05, 3.63) is 11.6 Å². The molecule has 23 heteroatoms. The van der Waals surface area contributed by atoms with Crippen LogP contribution in [-0.2, 0) is 47.5 Å². The van der Waals surface area contributed by atoms with Crippen LogP contribution in [0.25, 0.3) is 0 Å². The standard InChI is InChI=1S/C51H82O23/c1-20(19-67-46-40(63)38(61)35(58)30(16-52)70-46)6-9-28(55)21(2)33-29(56)15-27-25-8-7-23-14-24(10-12-50(23,4)26(25)11-13-51(27,33)5)69-49-45(74-47-41(64)37(60)34(57)22(3)68-47)43(66)44(32(18-54)72-49)73-48-42(65)39(62)36(59)31(17-53)71-48/h7,20-22,24-27,30-49,52-54,57-66H,6,8-19H2,1-5H3/t20-,21-,22?,24+,25-,26+,27+,30?,31?,32?,33+,34+,35-,36-,37?,38?,39?,40+,41+,42+,43?,44-,45+,46-,47+,48+,49-,50+,51+/m1/s1. The number of hydrogen-bond donors (Lipinski definition) is 13. The molecule has 3 saturated carbocycles. The summed E-state index contributed by atoms with van der Waals surface area (Å²) in [5, 5.41) is 136. The minimum Gasteiger partial charge on any atom is -0.394 e. The van der Waals surface area contributed by atoms with Crippen LogP contribution in [0.5, 0.6) is 0 Å². The van der Waals surface area contributed by atoms with E-state index in [2.05, 4.69) is 19.9 Å². The smallest absolute Gasteiger partial charge is 0.187 e. The van der Waals surface area contributed by atoms with E-state index < -0.39 is 166 Å². The van der Waals surface area contributed by atoms with E-state index in [-0.39, 0.29) is 53.7 Å². The Balaban J connectivity index is 0.919. The number of hydrogen-bond acceptors (Lipinski definition) is 23. The van der Waals surface area contributed by atoms with E-state index in [1.165, 1.54) is 12.5 Å². The van der Waals surface area contributed by atoms with Crippen molar-refractivity contribution in [2.45, 2.75) is 221 Å². The van der Waals surface area contributed by atoms with Crippen molar-refractivity contribution < 1.29 is 114 Å². The van der Waals surface area contributed by atoms with E-state index in [1.807, 2.05) is 13.8 Å². The average Bonchev–Trinajstić information content (AvgIpc) is 3.66. The van der Waals surface area contributed by atoms with E-state index >= 15 is 0 Å². The molecule has 0 radical (unpaired) electrons. The summed E-state index contributed by atoms with van der Waals surface area (Å²) in [7, 11) is 0. The molecule has 4 aliphatic heterocycles. The van der Waals surface area contributed by atoms with E-state index in [0.29, 0.717) is 38.5 Å². The second kappa shape index (κ2) is 23.5. The third-order valence-electron chi connectivity index (χ3n) is 18.6. The Morgan fingerprint density at radius 3 is 1.85 bits per heavy atom. The normalized spacial score (nSPS) is 50.5. The third-order valence-corrected chi connectivity index (χ3v) is 18.6. The Kier molecular flexibility index (Phi) is 18.6. The van der Waals surface area contributed by atoms with Crippen LogP contribution in [0.2, 0.25) is 0 Å². The number of aliphatic hydroxyl groups is 13. The Morgan fingerprint density at radius 2 is 1.22 bits per heavy atom. The molecule has 0 aromatic heterocycles. The van der Waals surface area contributed by atoms with Crippen molar-refractivity contribution in [2.24, 2.45) is 46.3 Å². The van der Waals surface area contributed by atoms with Gasteiger partial charge in [0.15, 0.2) is 25.2 Å². The second-order valence-corrected chi connectivity index (χ2v) is 23.2. The summed E-state index contributed by atoms with van der Waals surface area (Å²) in [6, 6.07) is 0. The van der Waals surface area contributed by atoms with Gasteiger partial charge < -0.3 is 104 Å². The lowest BCUT2D eigenvalue weighted by atomic mass is 9.47. The summed E-state index contributed by atoms with van der Waals surface area (Å²) in [4.78, 5) is 28.0. The molecule has 74 heavy (non-hydrogen) atoms. The number of ether oxygens (including phenoxy) is 8. The summed E-state index contributed by atoms with van der Waals surface area (Å²) in [5.41, 5.74) is 0.520. The van der Waals surface area contributed by atoms with Gasteiger partial charge in [0.05, 0.1) is 38.6 Å². The predicted molar refractivity (Wildman–Crippen MR) is 250 cm³/mol. The van der Waals surface area contributed by atoms with Gasteiger partial charge in [-0.15, -0.1) is 0 Å². The van der Waals surface area contributed by atoms with Gasteiger partial charge in [-0.1, -0.05) is 39.3 Å². The molecule has 8 aliphatic rings. The summed E-state index contributed by atoms with van der Waals surface area (Å²) in [5.74, 6) is -0.523. The van der Waals surface area contributed by atoms with Crippen LogP contribution in [0, 0.1) is 46.3 Å². The Labute approximate surface area is 430 Å². The maximum Gasteiger partial charge on any atom is 0.187 e. The SMILES string of the molecule is CC1O[C@@H](O[C@H]2C(O)[C@H](O[C@@H]3OC(CO)[C@@H](O)C(O)[C@@H]3O)C(CO)O[C@H]2O[C@H]2CC[C@@]3(C)C(=CC[C@H]4[C@@H]5CC(=O)[C@H]([C@H](C)C(=O)CC[C@@H](C)CO[C@@H]6OC(CO)[C@@H](O)C(O)[C@@H]6O)[C@@]5(C)CC[C@@H]43)C2)[C@@H](O)C(O)[C@H]1O. The maximum atomic E-state index is 14.1. The van der Waals surface area contributed by atoms with Crippen molar-refractivity contribution >= 4 is 11.6 Å². The molecule has 13 N–H and O–H groups in total. The van der Waals surface area contributed by atoms with Gasteiger partial charge in [-0.2, -0.15) is 0 Å². The van der Waals surface area contributed by atoms with Gasteiger partial charge in [0, 0.05) is 24.7 Å². The average molecular weight is 1060 g/mol. The van der Waals surface area contributed by atoms with E-state index in [1.54, 1.807) is 0 Å². The summed E-state index contributed by atoms with van der Waals surface area (Å²) in [6.45, 7) is 7.62. The summed E-state index contributed by atoms with van der Waals surface area (Å²) >= 11 is 0. The molecule has 29 atom stereocenters. The van der Waals surface area contributed by atoms with Crippen LogP contribution < -0.4 is 0 Å². The zero-order chi connectivity index (χ0) is 53.9. The van der Waals surface area contributed by atoms with Gasteiger partial charge in [0.1, 0.15) is 103 Å². The van der Waals surface area contributed by atoms with Crippen molar-refractivity contribution in [1.82, 2.24) is 0 Å². The van der Waals surface area contributed by atoms with Crippen LogP contribution in [0.15, 0.2) is 11.6 Å². The predicted octanol–water partition coefficient (Wildman–Crippen LogP) is -2.96. The Hall–Kier alpha value is -1.76. The molecular formula is C51H82O23. The van der Waals surface area contributed by atoms with Crippen molar-refractivity contribution in [3.8, 4) is 0 Å². The fourth-order valence-electron chi connectivity index (χ4n) is 14.0. The molecule has 0 spiro atoms. The fourth-order valence-corrected chi connectivity index (χ4v) is 14.0.